The first-order valence-electron chi connectivity index (χ1n) is 9.77. The number of hydrogen-bond donors (Lipinski definition) is 2. The molecule has 32 heavy (non-hydrogen) atoms. The molecule has 166 valence electrons. The Hall–Kier alpha value is -3.85. The first-order chi connectivity index (χ1) is 15.4. The lowest BCUT2D eigenvalue weighted by molar-refractivity contribution is -0.143. The molecule has 0 aromatic heterocycles. The molecule has 2 N–H and O–H groups in total. The molecule has 9 heteroatoms. The molecule has 1 amide bonds. The van der Waals surface area contributed by atoms with E-state index < -0.39 is 27.3 Å². The number of para-hydroxylation sites is 3. The van der Waals surface area contributed by atoms with Crippen molar-refractivity contribution in [1.29, 1.82) is 0 Å². The predicted molar refractivity (Wildman–Crippen MR) is 120 cm³/mol. The van der Waals surface area contributed by atoms with E-state index >= 15 is 0 Å². The molecule has 0 aliphatic rings. The van der Waals surface area contributed by atoms with Crippen LogP contribution in [-0.4, -0.2) is 32.3 Å². The summed E-state index contributed by atoms with van der Waals surface area (Å²) in [6.07, 6.45) is 0. The monoisotopic (exact) mass is 454 g/mol. The van der Waals surface area contributed by atoms with E-state index in [9.17, 15) is 18.0 Å². The van der Waals surface area contributed by atoms with Crippen molar-refractivity contribution < 1.29 is 27.5 Å². The Kier molecular flexibility index (Phi) is 7.45. The molecular formula is C23H22N2O6S. The van der Waals surface area contributed by atoms with Crippen LogP contribution in [0, 0.1) is 0 Å². The minimum Gasteiger partial charge on any atom is -0.464 e. The standard InChI is InChI=1S/C23H22N2O6S/c1-2-30-23(27)22(24-21(26)17-11-5-3-6-12-17)32(28,29)25-19-15-9-10-16-20(19)31-18-13-7-4-8-14-18/h3-16,22,25H,2H2,1H3,(H,24,26). The highest BCUT2D eigenvalue weighted by molar-refractivity contribution is 7.94. The van der Waals surface area contributed by atoms with E-state index in [-0.39, 0.29) is 23.6 Å². The molecular weight excluding hydrogens is 432 g/mol. The van der Waals surface area contributed by atoms with Crippen LogP contribution >= 0.6 is 0 Å². The molecule has 0 radical (unpaired) electrons. The summed E-state index contributed by atoms with van der Waals surface area (Å²) in [5.74, 6) is -1.12. The average Bonchev–Trinajstić information content (AvgIpc) is 2.79. The van der Waals surface area contributed by atoms with Crippen LogP contribution in [0.25, 0.3) is 0 Å². The van der Waals surface area contributed by atoms with Crippen molar-refractivity contribution in [3.63, 3.8) is 0 Å². The lowest BCUT2D eigenvalue weighted by atomic mass is 10.2. The second kappa shape index (κ2) is 10.5. The maximum absolute atomic E-state index is 13.1. The smallest absolute Gasteiger partial charge is 0.346 e. The van der Waals surface area contributed by atoms with Gasteiger partial charge < -0.3 is 14.8 Å². The van der Waals surface area contributed by atoms with Crippen LogP contribution in [0.3, 0.4) is 0 Å². The summed E-state index contributed by atoms with van der Waals surface area (Å²) in [6.45, 7) is 1.48. The van der Waals surface area contributed by atoms with Crippen molar-refractivity contribution in [2.45, 2.75) is 12.3 Å². The zero-order valence-corrected chi connectivity index (χ0v) is 18.0. The fourth-order valence-corrected chi connectivity index (χ4v) is 3.92. The molecule has 1 atom stereocenters. The van der Waals surface area contributed by atoms with Gasteiger partial charge in [0, 0.05) is 5.56 Å². The first-order valence-corrected chi connectivity index (χ1v) is 11.3. The number of hydrogen-bond acceptors (Lipinski definition) is 6. The van der Waals surface area contributed by atoms with Gasteiger partial charge in [0.05, 0.1) is 12.3 Å². The van der Waals surface area contributed by atoms with Gasteiger partial charge in [-0.3, -0.25) is 9.52 Å². The molecule has 0 heterocycles. The maximum Gasteiger partial charge on any atom is 0.346 e. The van der Waals surface area contributed by atoms with Crippen LogP contribution in [-0.2, 0) is 19.6 Å². The predicted octanol–water partition coefficient (Wildman–Crippen LogP) is 3.54. The highest BCUT2D eigenvalue weighted by Gasteiger charge is 2.36. The molecule has 0 aliphatic carbocycles. The van der Waals surface area contributed by atoms with Crippen LogP contribution in [0.4, 0.5) is 5.69 Å². The average molecular weight is 455 g/mol. The topological polar surface area (TPSA) is 111 Å². The summed E-state index contributed by atoms with van der Waals surface area (Å²) < 4.78 is 39.2. The fraction of sp³-hybridized carbons (Fsp3) is 0.130. The van der Waals surface area contributed by atoms with Crippen LogP contribution in [0.1, 0.15) is 17.3 Å². The van der Waals surface area contributed by atoms with E-state index in [0.29, 0.717) is 5.75 Å². The van der Waals surface area contributed by atoms with Gasteiger partial charge in [0.25, 0.3) is 15.9 Å². The Morgan fingerprint density at radius 2 is 1.47 bits per heavy atom. The molecule has 0 fully saturated rings. The minimum absolute atomic E-state index is 0.0558. The van der Waals surface area contributed by atoms with E-state index in [0.717, 1.165) is 0 Å². The van der Waals surface area contributed by atoms with Crippen LogP contribution in [0.2, 0.25) is 0 Å². The van der Waals surface area contributed by atoms with Gasteiger partial charge in [0.1, 0.15) is 5.75 Å². The number of carbonyl (C=O) groups is 2. The second-order valence-corrected chi connectivity index (χ2v) is 8.30. The Morgan fingerprint density at radius 3 is 2.12 bits per heavy atom. The van der Waals surface area contributed by atoms with Gasteiger partial charge in [-0.2, -0.15) is 0 Å². The lowest BCUT2D eigenvalue weighted by Crippen LogP contribution is -2.49. The summed E-state index contributed by atoms with van der Waals surface area (Å²) in [5.41, 5.74) is 0.296. The van der Waals surface area contributed by atoms with E-state index in [4.69, 9.17) is 9.47 Å². The van der Waals surface area contributed by atoms with E-state index in [2.05, 4.69) is 10.0 Å². The van der Waals surface area contributed by atoms with E-state index in [1.165, 1.54) is 25.1 Å². The van der Waals surface area contributed by atoms with Gasteiger partial charge in [0.2, 0.25) is 5.37 Å². The van der Waals surface area contributed by atoms with Crippen LogP contribution < -0.4 is 14.8 Å². The zero-order valence-electron chi connectivity index (χ0n) is 17.2. The third-order valence-corrected chi connectivity index (χ3v) is 5.65. The Balaban J connectivity index is 1.87. The summed E-state index contributed by atoms with van der Waals surface area (Å²) in [6, 6.07) is 23.1. The SMILES string of the molecule is CCOC(=O)C(NC(=O)c1ccccc1)S(=O)(=O)Nc1ccccc1Oc1ccccc1. The summed E-state index contributed by atoms with van der Waals surface area (Å²) in [7, 11) is -4.45. The number of sulfonamides is 1. The van der Waals surface area contributed by atoms with Crippen molar-refractivity contribution >= 4 is 27.6 Å². The molecule has 0 bridgehead atoms. The number of rotatable bonds is 9. The molecule has 3 aromatic carbocycles. The highest BCUT2D eigenvalue weighted by Crippen LogP contribution is 2.30. The molecule has 8 nitrogen and oxygen atoms in total. The molecule has 0 spiro atoms. The number of anilines is 1. The summed E-state index contributed by atoms with van der Waals surface area (Å²) in [5, 5.41) is 0.271. The molecule has 0 aliphatic heterocycles. The first kappa shape index (κ1) is 22.8. The molecule has 3 rings (SSSR count). The van der Waals surface area contributed by atoms with Crippen LogP contribution in [0.5, 0.6) is 11.5 Å². The normalized spacial score (nSPS) is 11.8. The van der Waals surface area contributed by atoms with Crippen molar-refractivity contribution in [3.8, 4) is 11.5 Å². The van der Waals surface area contributed by atoms with Crippen LogP contribution in [0.15, 0.2) is 84.9 Å². The van der Waals surface area contributed by atoms with Gasteiger partial charge in [-0.1, -0.05) is 48.5 Å². The number of nitrogens with one attached hydrogen (secondary N) is 2. The van der Waals surface area contributed by atoms with Gasteiger partial charge in [-0.15, -0.1) is 0 Å². The summed E-state index contributed by atoms with van der Waals surface area (Å²) in [4.78, 5) is 25.0. The third kappa shape index (κ3) is 5.86. The summed E-state index contributed by atoms with van der Waals surface area (Å²) >= 11 is 0. The Labute approximate surface area is 186 Å². The van der Waals surface area contributed by atoms with Gasteiger partial charge in [-0.05, 0) is 43.3 Å². The lowest BCUT2D eigenvalue weighted by Gasteiger charge is -2.20. The number of carbonyl (C=O) groups excluding carboxylic acids is 2. The van der Waals surface area contributed by atoms with Crippen molar-refractivity contribution in [2.75, 3.05) is 11.3 Å². The maximum atomic E-state index is 13.1. The van der Waals surface area contributed by atoms with Crippen molar-refractivity contribution in [3.05, 3.63) is 90.5 Å². The van der Waals surface area contributed by atoms with E-state index in [1.807, 2.05) is 6.07 Å². The molecule has 0 saturated carbocycles. The minimum atomic E-state index is -4.45. The van der Waals surface area contributed by atoms with Gasteiger partial charge >= 0.3 is 5.97 Å². The largest absolute Gasteiger partial charge is 0.464 e. The molecule has 3 aromatic rings. The molecule has 1 unspecified atom stereocenters. The van der Waals surface area contributed by atoms with Gasteiger partial charge in [0.15, 0.2) is 5.75 Å². The third-order valence-electron chi connectivity index (χ3n) is 4.22. The highest BCUT2D eigenvalue weighted by atomic mass is 32.2. The number of amides is 1. The van der Waals surface area contributed by atoms with Crippen molar-refractivity contribution in [2.24, 2.45) is 0 Å². The molecule has 0 saturated heterocycles. The number of benzene rings is 3. The second-order valence-electron chi connectivity index (χ2n) is 6.53. The van der Waals surface area contributed by atoms with E-state index in [1.54, 1.807) is 60.7 Å². The van der Waals surface area contributed by atoms with Crippen molar-refractivity contribution in [1.82, 2.24) is 5.32 Å². The zero-order chi connectivity index (χ0) is 23.0. The number of ether oxygens (including phenoxy) is 2. The Bertz CT molecular complexity index is 1170. The Morgan fingerprint density at radius 1 is 0.875 bits per heavy atom. The van der Waals surface area contributed by atoms with Gasteiger partial charge in [-0.25, -0.2) is 13.2 Å². The quantitative estimate of drug-likeness (QED) is 0.479. The fourth-order valence-electron chi connectivity index (χ4n) is 2.74. The number of esters is 1.